The van der Waals surface area contributed by atoms with Gasteiger partial charge >= 0.3 is 0 Å². The molecule has 0 spiro atoms. The molecule has 1 unspecified atom stereocenters. The molecule has 124 valence electrons. The van der Waals surface area contributed by atoms with E-state index in [1.54, 1.807) is 11.0 Å². The molecule has 1 fully saturated rings. The molecule has 1 amide bonds. The Kier molecular flexibility index (Phi) is 6.56. The Morgan fingerprint density at radius 2 is 2.35 bits per heavy atom. The maximum Gasteiger partial charge on any atom is 0.248 e. The average Bonchev–Trinajstić information content (AvgIpc) is 2.95. The highest BCUT2D eigenvalue weighted by atomic mass is 79.9. The molecule has 1 aromatic carbocycles. The normalized spacial score (nSPS) is 17.3. The number of benzene rings is 1. The van der Waals surface area contributed by atoms with Crippen LogP contribution in [0.2, 0.25) is 0 Å². The van der Waals surface area contributed by atoms with Crippen LogP contribution in [0.25, 0.3) is 0 Å². The zero-order chi connectivity index (χ0) is 15.4. The summed E-state index contributed by atoms with van der Waals surface area (Å²) >= 11 is 3.45. The van der Waals surface area contributed by atoms with E-state index in [4.69, 9.17) is 0 Å². The number of rotatable bonds is 4. The van der Waals surface area contributed by atoms with Crippen molar-refractivity contribution in [1.82, 2.24) is 20.1 Å². The highest BCUT2D eigenvalue weighted by molar-refractivity contribution is 9.10. The molecule has 8 heteroatoms. The van der Waals surface area contributed by atoms with Gasteiger partial charge in [-0.05, 0) is 37.1 Å². The minimum absolute atomic E-state index is 0. The van der Waals surface area contributed by atoms with Gasteiger partial charge < -0.3 is 5.32 Å². The van der Waals surface area contributed by atoms with Gasteiger partial charge in [0.15, 0.2) is 0 Å². The monoisotopic (exact) mass is 399 g/mol. The fourth-order valence-corrected chi connectivity index (χ4v) is 2.98. The summed E-state index contributed by atoms with van der Waals surface area (Å²) in [5.41, 5.74) is 1.12. The van der Waals surface area contributed by atoms with Crippen molar-refractivity contribution in [2.75, 3.05) is 18.4 Å². The summed E-state index contributed by atoms with van der Waals surface area (Å²) in [4.78, 5) is 16.3. The van der Waals surface area contributed by atoms with Gasteiger partial charge in [-0.15, -0.1) is 17.5 Å². The number of halogens is 2. The number of hydrogen-bond donors (Lipinski definition) is 2. The zero-order valence-corrected chi connectivity index (χ0v) is 14.9. The zero-order valence-electron chi connectivity index (χ0n) is 12.5. The van der Waals surface area contributed by atoms with E-state index < -0.39 is 0 Å². The van der Waals surface area contributed by atoms with Crippen LogP contribution in [-0.4, -0.2) is 33.8 Å². The second-order valence-electron chi connectivity index (χ2n) is 5.43. The van der Waals surface area contributed by atoms with E-state index >= 15 is 0 Å². The molecule has 0 radical (unpaired) electrons. The van der Waals surface area contributed by atoms with Gasteiger partial charge in [-0.1, -0.05) is 28.1 Å². The van der Waals surface area contributed by atoms with Gasteiger partial charge in [0.25, 0.3) is 0 Å². The molecule has 0 saturated carbocycles. The Hall–Kier alpha value is -1.44. The third kappa shape index (κ3) is 5.02. The van der Waals surface area contributed by atoms with Crippen LogP contribution in [0.5, 0.6) is 0 Å². The van der Waals surface area contributed by atoms with Crippen molar-refractivity contribution in [2.45, 2.75) is 19.4 Å². The molecule has 3 rings (SSSR count). The number of nitrogens with one attached hydrogen (secondary N) is 2. The third-order valence-electron chi connectivity index (χ3n) is 3.67. The van der Waals surface area contributed by atoms with Gasteiger partial charge in [0, 0.05) is 11.0 Å². The van der Waals surface area contributed by atoms with Gasteiger partial charge in [0.05, 0.1) is 12.5 Å². The molecular weight excluding hydrogens is 382 g/mol. The van der Waals surface area contributed by atoms with Crippen molar-refractivity contribution in [3.05, 3.63) is 40.6 Å². The lowest BCUT2D eigenvalue weighted by Crippen LogP contribution is -2.37. The van der Waals surface area contributed by atoms with E-state index in [2.05, 4.69) is 36.6 Å². The Labute approximate surface area is 149 Å². The van der Waals surface area contributed by atoms with Crippen molar-refractivity contribution < 1.29 is 4.79 Å². The van der Waals surface area contributed by atoms with Gasteiger partial charge in [0.2, 0.25) is 11.9 Å². The highest BCUT2D eigenvalue weighted by Crippen LogP contribution is 2.14. The summed E-state index contributed by atoms with van der Waals surface area (Å²) in [6, 6.07) is 8.02. The van der Waals surface area contributed by atoms with E-state index in [0.717, 1.165) is 36.0 Å². The summed E-state index contributed by atoms with van der Waals surface area (Å²) in [7, 11) is 0. The van der Waals surface area contributed by atoms with Crippen LogP contribution in [0.15, 0.2) is 35.1 Å². The summed E-state index contributed by atoms with van der Waals surface area (Å²) < 4.78 is 2.75. The van der Waals surface area contributed by atoms with Crippen molar-refractivity contribution in [3.8, 4) is 0 Å². The molecule has 2 aromatic rings. The fourth-order valence-electron chi connectivity index (χ4n) is 2.54. The lowest BCUT2D eigenvalue weighted by atomic mass is 9.99. The molecular formula is C15H19BrClN5O. The first-order chi connectivity index (χ1) is 10.7. The molecule has 23 heavy (non-hydrogen) atoms. The topological polar surface area (TPSA) is 71.8 Å². The molecule has 0 bridgehead atoms. The Balaban J connectivity index is 0.00000192. The molecule has 1 saturated heterocycles. The van der Waals surface area contributed by atoms with Crippen LogP contribution in [0.1, 0.15) is 18.4 Å². The van der Waals surface area contributed by atoms with Crippen LogP contribution in [-0.2, 0) is 11.3 Å². The molecule has 1 aliphatic rings. The second kappa shape index (κ2) is 8.42. The summed E-state index contributed by atoms with van der Waals surface area (Å²) in [6.07, 6.45) is 3.58. The van der Waals surface area contributed by atoms with Crippen LogP contribution >= 0.6 is 28.3 Å². The van der Waals surface area contributed by atoms with Crippen molar-refractivity contribution >= 4 is 40.2 Å². The molecule has 0 aliphatic carbocycles. The molecule has 6 nitrogen and oxygen atoms in total. The van der Waals surface area contributed by atoms with Gasteiger partial charge in [-0.2, -0.15) is 0 Å². The standard InChI is InChI=1S/C15H18BrN5O.ClH/c16-13-5-1-3-11(7-13)9-21-10-18-15(20-21)19-14(22)12-4-2-6-17-8-12;/h1,3,5,7,10,12,17H,2,4,6,8-9H2,(H,19,20,22);1H. The third-order valence-corrected chi connectivity index (χ3v) is 4.17. The lowest BCUT2D eigenvalue weighted by molar-refractivity contribution is -0.120. The number of carbonyl (C=O) groups excluding carboxylic acids is 1. The first-order valence-corrected chi connectivity index (χ1v) is 8.15. The van der Waals surface area contributed by atoms with Crippen LogP contribution < -0.4 is 10.6 Å². The van der Waals surface area contributed by atoms with Crippen molar-refractivity contribution in [1.29, 1.82) is 0 Å². The summed E-state index contributed by atoms with van der Waals surface area (Å²) in [5, 5.41) is 10.3. The largest absolute Gasteiger partial charge is 0.316 e. The number of hydrogen-bond acceptors (Lipinski definition) is 4. The SMILES string of the molecule is Cl.O=C(Nc1ncn(Cc2cccc(Br)c2)n1)C1CCCNC1. The first kappa shape index (κ1) is 17.9. The predicted octanol–water partition coefficient (Wildman–Crippen LogP) is 2.45. The lowest BCUT2D eigenvalue weighted by Gasteiger charge is -2.20. The molecule has 1 atom stereocenters. The maximum atomic E-state index is 12.1. The average molecular weight is 401 g/mol. The molecule has 1 aromatic heterocycles. The van der Waals surface area contributed by atoms with Gasteiger partial charge in [-0.25, -0.2) is 9.67 Å². The minimum atomic E-state index is -0.00703. The minimum Gasteiger partial charge on any atom is -0.316 e. The van der Waals surface area contributed by atoms with Crippen LogP contribution in [0.3, 0.4) is 0 Å². The number of carbonyl (C=O) groups is 1. The molecule has 2 N–H and O–H groups in total. The van der Waals surface area contributed by atoms with E-state index in [1.165, 1.54) is 0 Å². The van der Waals surface area contributed by atoms with Crippen molar-refractivity contribution in [2.24, 2.45) is 5.92 Å². The maximum absolute atomic E-state index is 12.1. The smallest absolute Gasteiger partial charge is 0.248 e. The second-order valence-corrected chi connectivity index (χ2v) is 6.34. The molecule has 2 heterocycles. The number of piperidine rings is 1. The van der Waals surface area contributed by atoms with Gasteiger partial charge in [0.1, 0.15) is 6.33 Å². The number of anilines is 1. The van der Waals surface area contributed by atoms with Crippen molar-refractivity contribution in [3.63, 3.8) is 0 Å². The summed E-state index contributed by atoms with van der Waals surface area (Å²) in [5.74, 6) is 0.365. The first-order valence-electron chi connectivity index (χ1n) is 7.36. The quantitative estimate of drug-likeness (QED) is 0.827. The van der Waals surface area contributed by atoms with E-state index in [-0.39, 0.29) is 24.2 Å². The number of amides is 1. The van der Waals surface area contributed by atoms with E-state index in [1.807, 2.05) is 24.3 Å². The Morgan fingerprint density at radius 3 is 3.09 bits per heavy atom. The van der Waals surface area contributed by atoms with Gasteiger partial charge in [-0.3, -0.25) is 10.1 Å². The fraction of sp³-hybridized carbons (Fsp3) is 0.400. The Bertz CT molecular complexity index is 657. The van der Waals surface area contributed by atoms with E-state index in [9.17, 15) is 4.79 Å². The summed E-state index contributed by atoms with van der Waals surface area (Å²) in [6.45, 7) is 2.33. The highest BCUT2D eigenvalue weighted by Gasteiger charge is 2.21. The van der Waals surface area contributed by atoms with Crippen LogP contribution in [0, 0.1) is 5.92 Å². The van der Waals surface area contributed by atoms with Crippen LogP contribution in [0.4, 0.5) is 5.95 Å². The number of aromatic nitrogens is 3. The van der Waals surface area contributed by atoms with E-state index in [0.29, 0.717) is 12.5 Å². The predicted molar refractivity (Wildman–Crippen MR) is 94.7 cm³/mol. The number of nitrogens with zero attached hydrogens (tertiary/aromatic N) is 3. The molecule has 1 aliphatic heterocycles. The Morgan fingerprint density at radius 1 is 1.48 bits per heavy atom.